The van der Waals surface area contributed by atoms with E-state index in [-0.39, 0.29) is 5.91 Å². The largest absolute Gasteiger partial charge is 0.477 e. The van der Waals surface area contributed by atoms with Crippen molar-refractivity contribution >= 4 is 28.9 Å². The van der Waals surface area contributed by atoms with Crippen LogP contribution in [0.15, 0.2) is 24.3 Å². The first-order valence-corrected chi connectivity index (χ1v) is 9.06. The quantitative estimate of drug-likeness (QED) is 0.805. The number of anilines is 1. The average Bonchev–Trinajstić information content (AvgIpc) is 2.61. The Morgan fingerprint density at radius 3 is 2.79 bits per heavy atom. The lowest BCUT2D eigenvalue weighted by molar-refractivity contribution is -0.127. The Kier molecular flexibility index (Phi) is 5.23. The van der Waals surface area contributed by atoms with Crippen LogP contribution in [0.3, 0.4) is 0 Å². The Morgan fingerprint density at radius 2 is 2.04 bits per heavy atom. The number of fused-ring (bicyclic) bond motifs is 1. The fourth-order valence-corrected chi connectivity index (χ4v) is 3.82. The van der Waals surface area contributed by atoms with Crippen LogP contribution >= 0.6 is 12.2 Å². The van der Waals surface area contributed by atoms with Crippen LogP contribution in [0.25, 0.3) is 0 Å². The van der Waals surface area contributed by atoms with E-state index in [0.29, 0.717) is 29.4 Å². The van der Waals surface area contributed by atoms with Gasteiger partial charge in [-0.05, 0) is 43.1 Å². The maximum atomic E-state index is 12.1. The molecule has 0 spiro atoms. The highest BCUT2D eigenvalue weighted by molar-refractivity contribution is 7.80. The fraction of sp³-hybridized carbons (Fsp3) is 0.556. The Morgan fingerprint density at radius 1 is 1.29 bits per heavy atom. The van der Waals surface area contributed by atoms with E-state index in [1.807, 2.05) is 29.2 Å². The van der Waals surface area contributed by atoms with Crippen LogP contribution in [0.4, 0.5) is 5.69 Å². The third-order valence-corrected chi connectivity index (χ3v) is 5.32. The number of benzene rings is 1. The molecule has 0 radical (unpaired) electrons. The number of hydrogen-bond donors (Lipinski definition) is 2. The van der Waals surface area contributed by atoms with E-state index in [0.717, 1.165) is 12.1 Å². The highest BCUT2D eigenvalue weighted by Crippen LogP contribution is 2.33. The number of para-hydroxylation sites is 2. The van der Waals surface area contributed by atoms with Gasteiger partial charge in [0.2, 0.25) is 0 Å². The molecule has 130 valence electrons. The van der Waals surface area contributed by atoms with Crippen molar-refractivity contribution in [2.24, 2.45) is 5.92 Å². The molecule has 1 heterocycles. The minimum Gasteiger partial charge on any atom is -0.477 e. The monoisotopic (exact) mass is 347 g/mol. The maximum absolute atomic E-state index is 12.1. The van der Waals surface area contributed by atoms with Gasteiger partial charge in [0.1, 0.15) is 5.75 Å². The molecule has 24 heavy (non-hydrogen) atoms. The summed E-state index contributed by atoms with van der Waals surface area (Å²) >= 11 is 5.69. The minimum absolute atomic E-state index is 0.136. The highest BCUT2D eigenvalue weighted by atomic mass is 32.1. The number of nitrogens with one attached hydrogen (secondary N) is 2. The van der Waals surface area contributed by atoms with Crippen LogP contribution in [0.1, 0.15) is 32.6 Å². The molecule has 0 saturated heterocycles. The smallest absolute Gasteiger partial charge is 0.262 e. The molecule has 1 saturated carbocycles. The van der Waals surface area contributed by atoms with Crippen molar-refractivity contribution in [2.75, 3.05) is 18.5 Å². The number of rotatable bonds is 2. The molecule has 3 atom stereocenters. The summed E-state index contributed by atoms with van der Waals surface area (Å²) in [6.45, 7) is 2.70. The molecular weight excluding hydrogens is 322 g/mol. The molecule has 0 unspecified atom stereocenters. The number of thiocarbonyl (C=S) groups is 1. The molecule has 1 amide bonds. The molecule has 1 aromatic rings. The van der Waals surface area contributed by atoms with Crippen molar-refractivity contribution in [3.05, 3.63) is 24.3 Å². The van der Waals surface area contributed by atoms with Crippen molar-refractivity contribution in [2.45, 2.75) is 44.8 Å². The molecule has 1 aliphatic heterocycles. The first-order valence-electron chi connectivity index (χ1n) is 8.65. The third kappa shape index (κ3) is 3.48. The summed E-state index contributed by atoms with van der Waals surface area (Å²) in [6.07, 6.45) is 4.36. The summed E-state index contributed by atoms with van der Waals surface area (Å²) in [7, 11) is 1.62. The summed E-state index contributed by atoms with van der Waals surface area (Å²) in [6, 6.07) is 8.13. The Bertz CT molecular complexity index is 622. The van der Waals surface area contributed by atoms with Crippen LogP contribution in [-0.4, -0.2) is 36.8 Å². The zero-order chi connectivity index (χ0) is 17.1. The molecular formula is C18H25N3O2S. The van der Waals surface area contributed by atoms with E-state index in [1.165, 1.54) is 19.3 Å². The molecule has 1 fully saturated rings. The molecule has 3 rings (SSSR count). The summed E-state index contributed by atoms with van der Waals surface area (Å²) in [4.78, 5) is 14.1. The standard InChI is InChI=1S/C18H25N3O2S/c1-12-7-3-4-8-13(12)20-18(24)21-11-16(17(22)19-2)23-15-10-6-5-9-14(15)21/h5-6,9-10,12-13,16H,3-4,7-8,11H2,1-2H3,(H,19,22)(H,20,24)/t12-,13+,16+/m0/s1. The molecule has 5 nitrogen and oxygen atoms in total. The fourth-order valence-electron chi connectivity index (χ4n) is 3.49. The van der Waals surface area contributed by atoms with Gasteiger partial charge in [0, 0.05) is 13.1 Å². The third-order valence-electron chi connectivity index (χ3n) is 4.98. The maximum Gasteiger partial charge on any atom is 0.262 e. The lowest BCUT2D eigenvalue weighted by Crippen LogP contribution is -2.55. The summed E-state index contributed by atoms with van der Waals surface area (Å²) < 4.78 is 5.84. The molecule has 6 heteroatoms. The molecule has 1 aromatic carbocycles. The van der Waals surface area contributed by atoms with E-state index >= 15 is 0 Å². The van der Waals surface area contributed by atoms with E-state index in [2.05, 4.69) is 17.6 Å². The number of carbonyl (C=O) groups is 1. The second-order valence-corrected chi connectivity index (χ2v) is 7.00. The Labute approximate surface area is 148 Å². The van der Waals surface area contributed by atoms with E-state index in [1.54, 1.807) is 7.05 Å². The number of carbonyl (C=O) groups excluding carboxylic acids is 1. The zero-order valence-electron chi connectivity index (χ0n) is 14.2. The van der Waals surface area contributed by atoms with Gasteiger partial charge in [-0.3, -0.25) is 4.79 Å². The number of likely N-dealkylation sites (N-methyl/N-ethyl adjacent to an activating group) is 1. The van der Waals surface area contributed by atoms with Crippen LogP contribution in [0.5, 0.6) is 5.75 Å². The van der Waals surface area contributed by atoms with Crippen molar-refractivity contribution in [1.82, 2.24) is 10.6 Å². The normalized spacial score (nSPS) is 26.1. The van der Waals surface area contributed by atoms with Crippen LogP contribution in [0, 0.1) is 5.92 Å². The number of hydrogen-bond acceptors (Lipinski definition) is 3. The van der Waals surface area contributed by atoms with Gasteiger partial charge < -0.3 is 20.3 Å². The molecule has 2 N–H and O–H groups in total. The van der Waals surface area contributed by atoms with Gasteiger partial charge in [-0.1, -0.05) is 31.9 Å². The molecule has 1 aliphatic carbocycles. The van der Waals surface area contributed by atoms with E-state index in [9.17, 15) is 4.79 Å². The minimum atomic E-state index is -0.562. The van der Waals surface area contributed by atoms with Gasteiger partial charge in [0.15, 0.2) is 11.2 Å². The van der Waals surface area contributed by atoms with Crippen molar-refractivity contribution < 1.29 is 9.53 Å². The number of nitrogens with zero attached hydrogens (tertiary/aromatic N) is 1. The second kappa shape index (κ2) is 7.38. The van der Waals surface area contributed by atoms with Crippen molar-refractivity contribution in [3.63, 3.8) is 0 Å². The predicted octanol–water partition coefficient (Wildman–Crippen LogP) is 2.45. The first-order chi connectivity index (χ1) is 11.6. The Balaban J connectivity index is 1.79. The summed E-state index contributed by atoms with van der Waals surface area (Å²) in [5, 5.41) is 6.87. The molecule has 0 bridgehead atoms. The average molecular weight is 347 g/mol. The van der Waals surface area contributed by atoms with Crippen molar-refractivity contribution in [1.29, 1.82) is 0 Å². The summed E-state index contributed by atoms with van der Waals surface area (Å²) in [5.41, 5.74) is 0.915. The van der Waals surface area contributed by atoms with Gasteiger partial charge in [-0.15, -0.1) is 0 Å². The SMILES string of the molecule is CNC(=O)[C@H]1CN(C(=S)N[C@@H]2CCCC[C@@H]2C)c2ccccc2O1. The molecule has 2 aliphatic rings. The predicted molar refractivity (Wildman–Crippen MR) is 99.4 cm³/mol. The molecule has 0 aromatic heterocycles. The van der Waals surface area contributed by atoms with Crippen molar-refractivity contribution in [3.8, 4) is 5.75 Å². The first kappa shape index (κ1) is 17.0. The van der Waals surface area contributed by atoms with Crippen LogP contribution in [0.2, 0.25) is 0 Å². The number of amides is 1. The lowest BCUT2D eigenvalue weighted by Gasteiger charge is -2.38. The van der Waals surface area contributed by atoms with Gasteiger partial charge >= 0.3 is 0 Å². The van der Waals surface area contributed by atoms with E-state index in [4.69, 9.17) is 17.0 Å². The number of ether oxygens (including phenoxy) is 1. The van der Waals surface area contributed by atoms with Gasteiger partial charge in [0.25, 0.3) is 5.91 Å². The van der Waals surface area contributed by atoms with Gasteiger partial charge in [-0.25, -0.2) is 0 Å². The summed E-state index contributed by atoms with van der Waals surface area (Å²) in [5.74, 6) is 1.17. The zero-order valence-corrected chi connectivity index (χ0v) is 15.1. The lowest BCUT2D eigenvalue weighted by atomic mass is 9.86. The van der Waals surface area contributed by atoms with Crippen LogP contribution in [-0.2, 0) is 4.79 Å². The van der Waals surface area contributed by atoms with Gasteiger partial charge in [0.05, 0.1) is 12.2 Å². The highest BCUT2D eigenvalue weighted by Gasteiger charge is 2.33. The van der Waals surface area contributed by atoms with Crippen LogP contribution < -0.4 is 20.3 Å². The Hall–Kier alpha value is -1.82. The van der Waals surface area contributed by atoms with E-state index < -0.39 is 6.10 Å². The topological polar surface area (TPSA) is 53.6 Å². The second-order valence-electron chi connectivity index (χ2n) is 6.62. The van der Waals surface area contributed by atoms with Gasteiger partial charge in [-0.2, -0.15) is 0 Å².